The molecule has 0 N–H and O–H groups in total. The van der Waals surface area contributed by atoms with Gasteiger partial charge in [0, 0.05) is 10.2 Å². The topological polar surface area (TPSA) is 0 Å². The summed E-state index contributed by atoms with van der Waals surface area (Å²) < 4.78 is 0. The molecule has 1 aromatic carbocycles. The largest absolute Gasteiger partial charge is 0.0912 e. The molecule has 0 nitrogen and oxygen atoms in total. The summed E-state index contributed by atoms with van der Waals surface area (Å²) in [7, 11) is 0. The summed E-state index contributed by atoms with van der Waals surface area (Å²) in [5.41, 5.74) is 5.51. The molecule has 0 spiro atoms. The Balaban J connectivity index is 3.20. The third-order valence-electron chi connectivity index (χ3n) is 2.19. The van der Waals surface area contributed by atoms with Crippen molar-refractivity contribution in [2.75, 3.05) is 5.33 Å². The molecule has 1 aromatic rings. The highest BCUT2D eigenvalue weighted by molar-refractivity contribution is 9.12. The zero-order valence-corrected chi connectivity index (χ0v) is 11.4. The average Bonchev–Trinajstić information content (AvgIpc) is 2.02. The molecular formula is C11H14Br2. The van der Waals surface area contributed by atoms with Gasteiger partial charge in [0.05, 0.1) is 0 Å². The molecule has 0 saturated heterocycles. The highest BCUT2D eigenvalue weighted by Gasteiger charge is 2.11. The average molecular weight is 306 g/mol. The Hall–Kier alpha value is 0.180. The molecule has 1 rings (SSSR count). The molecule has 0 saturated carbocycles. The lowest BCUT2D eigenvalue weighted by Crippen LogP contribution is -1.98. The van der Waals surface area contributed by atoms with Gasteiger partial charge in [0.15, 0.2) is 0 Å². The normalized spacial score (nSPS) is 13.0. The van der Waals surface area contributed by atoms with E-state index >= 15 is 0 Å². The van der Waals surface area contributed by atoms with Crippen LogP contribution in [0.25, 0.3) is 0 Å². The van der Waals surface area contributed by atoms with E-state index < -0.39 is 0 Å². The molecule has 0 heterocycles. The van der Waals surface area contributed by atoms with Crippen LogP contribution in [0.5, 0.6) is 0 Å². The van der Waals surface area contributed by atoms with Crippen molar-refractivity contribution in [1.82, 2.24) is 0 Å². The van der Waals surface area contributed by atoms with E-state index in [-0.39, 0.29) is 0 Å². The van der Waals surface area contributed by atoms with Gasteiger partial charge in [-0.05, 0) is 37.5 Å². The lowest BCUT2D eigenvalue weighted by Gasteiger charge is -2.14. The molecule has 1 unspecified atom stereocenters. The first-order valence-electron chi connectivity index (χ1n) is 4.34. The monoisotopic (exact) mass is 304 g/mol. The van der Waals surface area contributed by atoms with Crippen LogP contribution < -0.4 is 0 Å². The van der Waals surface area contributed by atoms with E-state index in [9.17, 15) is 0 Å². The Morgan fingerprint density at radius 1 is 1.15 bits per heavy atom. The Morgan fingerprint density at radius 3 is 2.00 bits per heavy atom. The lowest BCUT2D eigenvalue weighted by atomic mass is 9.98. The van der Waals surface area contributed by atoms with Gasteiger partial charge in [-0.25, -0.2) is 0 Å². The molecule has 0 bridgehead atoms. The first kappa shape index (κ1) is 11.3. The fraction of sp³-hybridized carbons (Fsp3) is 0.455. The Bertz CT molecular complexity index is 282. The second kappa shape index (κ2) is 4.61. The maximum atomic E-state index is 3.66. The van der Waals surface area contributed by atoms with Gasteiger partial charge in [-0.3, -0.25) is 0 Å². The van der Waals surface area contributed by atoms with Gasteiger partial charge < -0.3 is 0 Å². The van der Waals surface area contributed by atoms with Gasteiger partial charge in [0.25, 0.3) is 0 Å². The number of hydrogen-bond acceptors (Lipinski definition) is 0. The summed E-state index contributed by atoms with van der Waals surface area (Å²) in [6.45, 7) is 6.49. The maximum Gasteiger partial charge on any atom is 0.0497 e. The summed E-state index contributed by atoms with van der Waals surface area (Å²) in [6.07, 6.45) is 0. The van der Waals surface area contributed by atoms with E-state index in [1.165, 1.54) is 22.3 Å². The molecule has 72 valence electrons. The van der Waals surface area contributed by atoms with Gasteiger partial charge in [-0.15, -0.1) is 0 Å². The summed E-state index contributed by atoms with van der Waals surface area (Å²) in [5, 5.41) is 0.956. The zero-order chi connectivity index (χ0) is 10.0. The number of halogens is 2. The van der Waals surface area contributed by atoms with Crippen LogP contribution in [0.1, 0.15) is 27.1 Å². The molecule has 0 aromatic heterocycles. The first-order valence-corrected chi connectivity index (χ1v) is 6.37. The van der Waals surface area contributed by atoms with E-state index in [2.05, 4.69) is 64.8 Å². The van der Waals surface area contributed by atoms with Crippen LogP contribution in [0, 0.1) is 20.8 Å². The number of aryl methyl sites for hydroxylation is 3. The molecule has 0 amide bonds. The molecule has 0 aliphatic carbocycles. The molecule has 0 aliphatic rings. The molecule has 0 radical (unpaired) electrons. The van der Waals surface area contributed by atoms with Crippen LogP contribution in [-0.4, -0.2) is 5.33 Å². The summed E-state index contributed by atoms with van der Waals surface area (Å²) in [6, 6.07) is 4.47. The minimum Gasteiger partial charge on any atom is -0.0912 e. The Kier molecular flexibility index (Phi) is 3.99. The molecule has 0 fully saturated rings. The molecular weight excluding hydrogens is 292 g/mol. The van der Waals surface area contributed by atoms with E-state index in [1.807, 2.05) is 0 Å². The maximum absolute atomic E-state index is 3.66. The second-order valence-electron chi connectivity index (χ2n) is 3.43. The minimum absolute atomic E-state index is 0.424. The van der Waals surface area contributed by atoms with E-state index in [1.54, 1.807) is 0 Å². The highest BCUT2D eigenvalue weighted by Crippen LogP contribution is 2.30. The number of rotatable bonds is 2. The molecule has 13 heavy (non-hydrogen) atoms. The summed E-state index contributed by atoms with van der Waals surface area (Å²) >= 11 is 7.16. The van der Waals surface area contributed by atoms with E-state index in [4.69, 9.17) is 0 Å². The number of alkyl halides is 2. The zero-order valence-electron chi connectivity index (χ0n) is 8.20. The number of benzene rings is 1. The fourth-order valence-electron chi connectivity index (χ4n) is 1.76. The van der Waals surface area contributed by atoms with Crippen molar-refractivity contribution < 1.29 is 0 Å². The van der Waals surface area contributed by atoms with Crippen LogP contribution in [-0.2, 0) is 0 Å². The number of hydrogen-bond donors (Lipinski definition) is 0. The second-order valence-corrected chi connectivity index (χ2v) is 5.19. The van der Waals surface area contributed by atoms with E-state index in [0.29, 0.717) is 4.83 Å². The van der Waals surface area contributed by atoms with Gasteiger partial charge >= 0.3 is 0 Å². The predicted octanol–water partition coefficient (Wildman–Crippen LogP) is 4.44. The summed E-state index contributed by atoms with van der Waals surface area (Å²) in [4.78, 5) is 0.424. The molecule has 1 atom stereocenters. The predicted molar refractivity (Wildman–Crippen MR) is 66.1 cm³/mol. The third kappa shape index (κ3) is 2.57. The highest BCUT2D eigenvalue weighted by atomic mass is 79.9. The van der Waals surface area contributed by atoms with Crippen molar-refractivity contribution in [2.45, 2.75) is 25.6 Å². The molecule has 2 heteroatoms. The first-order chi connectivity index (χ1) is 6.06. The van der Waals surface area contributed by atoms with E-state index in [0.717, 1.165) is 5.33 Å². The molecule has 0 aliphatic heterocycles. The van der Waals surface area contributed by atoms with Crippen LogP contribution in [0.2, 0.25) is 0 Å². The Labute approximate surface area is 97.0 Å². The SMILES string of the molecule is Cc1cc(C)c(C(Br)CBr)c(C)c1. The van der Waals surface area contributed by atoms with Crippen LogP contribution in [0.15, 0.2) is 12.1 Å². The van der Waals surface area contributed by atoms with Gasteiger partial charge in [-0.2, -0.15) is 0 Å². The summed E-state index contributed by atoms with van der Waals surface area (Å²) in [5.74, 6) is 0. The lowest BCUT2D eigenvalue weighted by molar-refractivity contribution is 1.08. The fourth-order valence-corrected chi connectivity index (χ4v) is 2.81. The van der Waals surface area contributed by atoms with Gasteiger partial charge in [0.2, 0.25) is 0 Å². The van der Waals surface area contributed by atoms with Crippen LogP contribution in [0.4, 0.5) is 0 Å². The third-order valence-corrected chi connectivity index (χ3v) is 4.48. The van der Waals surface area contributed by atoms with Crippen molar-refractivity contribution in [1.29, 1.82) is 0 Å². The Morgan fingerprint density at radius 2 is 1.62 bits per heavy atom. The standard InChI is InChI=1S/C11H14Br2/c1-7-4-8(2)11(9(3)5-7)10(13)6-12/h4-5,10H,6H2,1-3H3. The van der Waals surface area contributed by atoms with Crippen molar-refractivity contribution >= 4 is 31.9 Å². The van der Waals surface area contributed by atoms with Crippen molar-refractivity contribution in [3.05, 3.63) is 34.4 Å². The van der Waals surface area contributed by atoms with Crippen molar-refractivity contribution in [3.8, 4) is 0 Å². The minimum atomic E-state index is 0.424. The quantitative estimate of drug-likeness (QED) is 0.709. The van der Waals surface area contributed by atoms with Crippen LogP contribution >= 0.6 is 31.9 Å². The van der Waals surface area contributed by atoms with Gasteiger partial charge in [-0.1, -0.05) is 49.6 Å². The van der Waals surface area contributed by atoms with Crippen molar-refractivity contribution in [3.63, 3.8) is 0 Å². The van der Waals surface area contributed by atoms with Crippen LogP contribution in [0.3, 0.4) is 0 Å². The van der Waals surface area contributed by atoms with Crippen molar-refractivity contribution in [2.24, 2.45) is 0 Å². The smallest absolute Gasteiger partial charge is 0.0497 e. The van der Waals surface area contributed by atoms with Gasteiger partial charge in [0.1, 0.15) is 0 Å².